The number of carbonyl (C=O) groups excluding carboxylic acids is 1. The monoisotopic (exact) mass is 332 g/mol. The highest BCUT2D eigenvalue weighted by Gasteiger charge is 2.19. The molecule has 3 rings (SSSR count). The van der Waals surface area contributed by atoms with Crippen LogP contribution in [0.5, 0.6) is 11.5 Å². The number of Topliss-reactive ketones (excluding diaryl/α,β-unsaturated/α-hetero) is 1. The number of ketones is 1. The lowest BCUT2D eigenvalue weighted by atomic mass is 10.1. The van der Waals surface area contributed by atoms with Crippen LogP contribution in [0.15, 0.2) is 47.4 Å². The van der Waals surface area contributed by atoms with Gasteiger partial charge in [-0.1, -0.05) is 17.7 Å². The average Bonchev–Trinajstić information content (AvgIpc) is 3.00. The number of benzene rings is 2. The first-order chi connectivity index (χ1) is 11.0. The van der Waals surface area contributed by atoms with Crippen molar-refractivity contribution in [3.63, 3.8) is 0 Å². The standard InChI is InChI=1S/C17H16O5S/c1-12-2-5-14(6-3-12)23(19,20)9-8-15(18)13-4-7-16-17(10-13)22-11-21-16/h2-7,10H,8-9,11H2,1H3. The number of sulfone groups is 1. The van der Waals surface area contributed by atoms with Gasteiger partial charge in [-0.15, -0.1) is 0 Å². The van der Waals surface area contributed by atoms with E-state index in [2.05, 4.69) is 0 Å². The van der Waals surface area contributed by atoms with Crippen molar-refractivity contribution in [1.29, 1.82) is 0 Å². The van der Waals surface area contributed by atoms with Crippen LogP contribution in [-0.2, 0) is 9.84 Å². The Balaban J connectivity index is 1.70. The molecule has 120 valence electrons. The van der Waals surface area contributed by atoms with Crippen LogP contribution in [0.3, 0.4) is 0 Å². The molecule has 0 saturated carbocycles. The van der Waals surface area contributed by atoms with E-state index in [0.29, 0.717) is 17.1 Å². The summed E-state index contributed by atoms with van der Waals surface area (Å²) in [6.45, 7) is 2.02. The molecule has 0 bridgehead atoms. The molecule has 0 N–H and O–H groups in total. The van der Waals surface area contributed by atoms with Gasteiger partial charge in [0.2, 0.25) is 6.79 Å². The summed E-state index contributed by atoms with van der Waals surface area (Å²) in [6.07, 6.45) is -0.0736. The molecule has 2 aromatic rings. The van der Waals surface area contributed by atoms with Crippen molar-refractivity contribution in [2.24, 2.45) is 0 Å². The first kappa shape index (κ1) is 15.6. The molecule has 0 unspecified atom stereocenters. The zero-order chi connectivity index (χ0) is 16.4. The van der Waals surface area contributed by atoms with Gasteiger partial charge in [-0.25, -0.2) is 8.42 Å². The number of hydrogen-bond donors (Lipinski definition) is 0. The lowest BCUT2D eigenvalue weighted by Gasteiger charge is -2.05. The van der Waals surface area contributed by atoms with E-state index in [1.54, 1.807) is 42.5 Å². The summed E-state index contributed by atoms with van der Waals surface area (Å²) in [5.74, 6) is 0.647. The van der Waals surface area contributed by atoms with Crippen LogP contribution in [-0.4, -0.2) is 26.7 Å². The van der Waals surface area contributed by atoms with Crippen molar-refractivity contribution in [3.8, 4) is 11.5 Å². The Morgan fingerprint density at radius 1 is 1.04 bits per heavy atom. The van der Waals surface area contributed by atoms with Gasteiger partial charge in [-0.05, 0) is 37.3 Å². The minimum absolute atomic E-state index is 0.0736. The predicted octanol–water partition coefficient (Wildman–Crippen LogP) is 2.77. The van der Waals surface area contributed by atoms with Crippen molar-refractivity contribution in [1.82, 2.24) is 0 Å². The third kappa shape index (κ3) is 3.37. The molecule has 0 radical (unpaired) electrons. The molecule has 0 fully saturated rings. The number of ether oxygens (including phenoxy) is 2. The van der Waals surface area contributed by atoms with Crippen molar-refractivity contribution in [2.75, 3.05) is 12.5 Å². The molecule has 23 heavy (non-hydrogen) atoms. The first-order valence-corrected chi connectivity index (χ1v) is 8.83. The molecule has 6 heteroatoms. The van der Waals surface area contributed by atoms with E-state index in [4.69, 9.17) is 9.47 Å². The van der Waals surface area contributed by atoms with Crippen LogP contribution in [0, 0.1) is 6.92 Å². The predicted molar refractivity (Wildman–Crippen MR) is 84.7 cm³/mol. The second kappa shape index (κ2) is 6.04. The molecule has 0 aliphatic carbocycles. The van der Waals surface area contributed by atoms with Crippen LogP contribution in [0.1, 0.15) is 22.3 Å². The number of aryl methyl sites for hydroxylation is 1. The molecule has 0 spiro atoms. The maximum absolute atomic E-state index is 12.3. The second-order valence-corrected chi connectivity index (χ2v) is 7.48. The highest BCUT2D eigenvalue weighted by molar-refractivity contribution is 7.91. The summed E-state index contributed by atoms with van der Waals surface area (Å²) in [5, 5.41) is 0. The van der Waals surface area contributed by atoms with Gasteiger partial charge in [0, 0.05) is 12.0 Å². The Kier molecular flexibility index (Phi) is 4.09. The molecule has 0 atom stereocenters. The summed E-state index contributed by atoms with van der Waals surface area (Å²) < 4.78 is 34.9. The van der Waals surface area contributed by atoms with Crippen LogP contribution < -0.4 is 9.47 Å². The Bertz CT molecular complexity index is 838. The maximum atomic E-state index is 12.3. The van der Waals surface area contributed by atoms with E-state index in [1.165, 1.54) is 0 Å². The van der Waals surface area contributed by atoms with Gasteiger partial charge in [-0.2, -0.15) is 0 Å². The molecule has 5 nitrogen and oxygen atoms in total. The molecular formula is C17H16O5S. The SMILES string of the molecule is Cc1ccc(S(=O)(=O)CCC(=O)c2ccc3c(c2)OCO3)cc1. The molecule has 1 aliphatic rings. The van der Waals surface area contributed by atoms with E-state index >= 15 is 0 Å². The molecule has 0 amide bonds. The topological polar surface area (TPSA) is 69.7 Å². The first-order valence-electron chi connectivity index (χ1n) is 7.18. The van der Waals surface area contributed by atoms with Crippen LogP contribution in [0.4, 0.5) is 0 Å². The Morgan fingerprint density at radius 3 is 2.48 bits per heavy atom. The molecule has 2 aromatic carbocycles. The van der Waals surface area contributed by atoms with Crippen molar-refractivity contribution in [2.45, 2.75) is 18.2 Å². The molecule has 0 saturated heterocycles. The quantitative estimate of drug-likeness (QED) is 0.788. The van der Waals surface area contributed by atoms with E-state index in [-0.39, 0.29) is 29.6 Å². The summed E-state index contributed by atoms with van der Waals surface area (Å²) in [7, 11) is -3.47. The summed E-state index contributed by atoms with van der Waals surface area (Å²) in [4.78, 5) is 12.5. The van der Waals surface area contributed by atoms with Gasteiger partial charge >= 0.3 is 0 Å². The lowest BCUT2D eigenvalue weighted by molar-refractivity contribution is 0.0988. The van der Waals surface area contributed by atoms with Crippen molar-refractivity contribution < 1.29 is 22.7 Å². The third-order valence-corrected chi connectivity index (χ3v) is 5.40. The van der Waals surface area contributed by atoms with Crippen LogP contribution in [0.2, 0.25) is 0 Å². The van der Waals surface area contributed by atoms with Gasteiger partial charge < -0.3 is 9.47 Å². The fourth-order valence-electron chi connectivity index (χ4n) is 2.30. The normalized spacial score (nSPS) is 13.1. The summed E-state index contributed by atoms with van der Waals surface area (Å²) >= 11 is 0. The lowest BCUT2D eigenvalue weighted by Crippen LogP contribution is -2.11. The maximum Gasteiger partial charge on any atom is 0.231 e. The van der Waals surface area contributed by atoms with Gasteiger partial charge in [0.05, 0.1) is 10.6 Å². The smallest absolute Gasteiger partial charge is 0.231 e. The van der Waals surface area contributed by atoms with E-state index in [1.807, 2.05) is 6.92 Å². The van der Waals surface area contributed by atoms with Crippen LogP contribution >= 0.6 is 0 Å². The van der Waals surface area contributed by atoms with Gasteiger partial charge in [-0.3, -0.25) is 4.79 Å². The van der Waals surface area contributed by atoms with Gasteiger partial charge in [0.1, 0.15) is 0 Å². The van der Waals surface area contributed by atoms with Gasteiger partial charge in [0.15, 0.2) is 27.1 Å². The second-order valence-electron chi connectivity index (χ2n) is 5.37. The third-order valence-electron chi connectivity index (χ3n) is 3.67. The Labute approximate surface area is 134 Å². The number of fused-ring (bicyclic) bond motifs is 1. The fraction of sp³-hybridized carbons (Fsp3) is 0.235. The zero-order valence-electron chi connectivity index (χ0n) is 12.6. The minimum Gasteiger partial charge on any atom is -0.454 e. The fourth-order valence-corrected chi connectivity index (χ4v) is 3.55. The van der Waals surface area contributed by atoms with Gasteiger partial charge in [0.25, 0.3) is 0 Å². The number of rotatable bonds is 5. The summed E-state index contributed by atoms with van der Waals surface area (Å²) in [5.41, 5.74) is 1.41. The van der Waals surface area contributed by atoms with Crippen molar-refractivity contribution >= 4 is 15.6 Å². The molecule has 1 heterocycles. The largest absolute Gasteiger partial charge is 0.454 e. The molecule has 0 aromatic heterocycles. The number of hydrogen-bond acceptors (Lipinski definition) is 5. The molecule has 1 aliphatic heterocycles. The van der Waals surface area contributed by atoms with E-state index in [9.17, 15) is 13.2 Å². The highest BCUT2D eigenvalue weighted by atomic mass is 32.2. The summed E-state index contributed by atoms with van der Waals surface area (Å²) in [6, 6.07) is 11.5. The van der Waals surface area contributed by atoms with Crippen molar-refractivity contribution in [3.05, 3.63) is 53.6 Å². The number of carbonyl (C=O) groups is 1. The zero-order valence-corrected chi connectivity index (χ0v) is 13.4. The average molecular weight is 332 g/mol. The van der Waals surface area contributed by atoms with Crippen LogP contribution in [0.25, 0.3) is 0 Å². The van der Waals surface area contributed by atoms with E-state index in [0.717, 1.165) is 5.56 Å². The van der Waals surface area contributed by atoms with E-state index < -0.39 is 9.84 Å². The molecular weight excluding hydrogens is 316 g/mol. The Hall–Kier alpha value is -2.34. The Morgan fingerprint density at radius 2 is 1.74 bits per heavy atom. The highest BCUT2D eigenvalue weighted by Crippen LogP contribution is 2.32. The minimum atomic E-state index is -3.47.